The fraction of sp³-hybridized carbons (Fsp3) is 0.400. The quantitative estimate of drug-likeness (QED) is 0.572. The molecular weight excluding hydrogens is 392 g/mol. The van der Waals surface area contributed by atoms with Crippen molar-refractivity contribution in [3.63, 3.8) is 0 Å². The summed E-state index contributed by atoms with van der Waals surface area (Å²) in [5.74, 6) is 0. The molecule has 3 rings (SSSR count). The maximum absolute atomic E-state index is 12.0. The molecule has 0 saturated carbocycles. The van der Waals surface area contributed by atoms with Crippen LogP contribution in [0.3, 0.4) is 0 Å². The average Bonchev–Trinajstić information content (AvgIpc) is 2.89. The van der Waals surface area contributed by atoms with Crippen molar-refractivity contribution in [1.82, 2.24) is 9.62 Å². The number of sulfonamides is 1. The van der Waals surface area contributed by atoms with Gasteiger partial charge in [0.15, 0.2) is 0 Å². The molecule has 1 atom stereocenters. The van der Waals surface area contributed by atoms with Crippen LogP contribution < -0.4 is 9.62 Å². The van der Waals surface area contributed by atoms with Crippen LogP contribution in [0, 0.1) is 10.1 Å². The number of hydrogen-bond acceptors (Lipinski definition) is 6. The van der Waals surface area contributed by atoms with Crippen LogP contribution in [0.5, 0.6) is 0 Å². The molecule has 1 unspecified atom stereocenters. The summed E-state index contributed by atoms with van der Waals surface area (Å²) >= 11 is 0. The summed E-state index contributed by atoms with van der Waals surface area (Å²) in [7, 11) is -2.46. The van der Waals surface area contributed by atoms with Crippen LogP contribution in [0.2, 0.25) is 0 Å². The van der Waals surface area contributed by atoms with E-state index in [0.717, 1.165) is 32.1 Å². The first-order valence-corrected chi connectivity index (χ1v) is 11.0. The largest absolute Gasteiger partial charge is 0.362 e. The zero-order chi connectivity index (χ0) is 21.0. The first-order valence-electron chi connectivity index (χ1n) is 9.56. The molecule has 0 bridgehead atoms. The van der Waals surface area contributed by atoms with Crippen molar-refractivity contribution in [3.8, 4) is 0 Å². The van der Waals surface area contributed by atoms with Gasteiger partial charge in [0.25, 0.3) is 5.69 Å². The van der Waals surface area contributed by atoms with Gasteiger partial charge in [-0.15, -0.1) is 0 Å². The van der Waals surface area contributed by atoms with Gasteiger partial charge < -0.3 is 4.90 Å². The first kappa shape index (κ1) is 21.2. The minimum absolute atomic E-state index is 0.0478. The second kappa shape index (κ2) is 8.89. The third kappa shape index (κ3) is 4.92. The molecule has 0 aromatic heterocycles. The molecule has 1 heterocycles. The van der Waals surface area contributed by atoms with E-state index < -0.39 is 14.9 Å². The molecule has 1 fully saturated rings. The molecule has 8 nitrogen and oxygen atoms in total. The number of nitro benzene ring substituents is 1. The van der Waals surface area contributed by atoms with E-state index in [0.29, 0.717) is 12.2 Å². The predicted molar refractivity (Wildman–Crippen MR) is 112 cm³/mol. The number of nitrogens with zero attached hydrogens (tertiary/aromatic N) is 3. The summed E-state index contributed by atoms with van der Waals surface area (Å²) in [6.45, 7) is 5.22. The van der Waals surface area contributed by atoms with Gasteiger partial charge in [-0.2, -0.15) is 0 Å². The molecule has 2 aromatic rings. The van der Waals surface area contributed by atoms with E-state index in [9.17, 15) is 18.5 Å². The van der Waals surface area contributed by atoms with Crippen LogP contribution in [0.15, 0.2) is 53.4 Å². The van der Waals surface area contributed by atoms with E-state index in [-0.39, 0.29) is 16.6 Å². The minimum atomic E-state index is -3.75. The molecule has 29 heavy (non-hydrogen) atoms. The van der Waals surface area contributed by atoms with Gasteiger partial charge in [-0.25, -0.2) is 13.1 Å². The Kier molecular flexibility index (Phi) is 6.51. The van der Waals surface area contributed by atoms with Crippen molar-refractivity contribution < 1.29 is 13.3 Å². The number of nitro groups is 1. The summed E-state index contributed by atoms with van der Waals surface area (Å²) in [5, 5.41) is 11.7. The second-order valence-electron chi connectivity index (χ2n) is 7.23. The van der Waals surface area contributed by atoms with Crippen LogP contribution in [0.25, 0.3) is 0 Å². The van der Waals surface area contributed by atoms with E-state index in [1.807, 2.05) is 30.0 Å². The standard InChI is InChI=1S/C20H26N4O4S/c1-16-14-22(15-17-7-4-3-5-8-17)11-6-12-23(16)19-10-9-18(29(27,28)21-2)13-20(19)24(25)26/h3-5,7-10,13,16,21H,6,11-12,14-15H2,1-2H3. The van der Waals surface area contributed by atoms with Crippen LogP contribution in [-0.4, -0.2) is 51.0 Å². The lowest BCUT2D eigenvalue weighted by Gasteiger charge is -2.30. The van der Waals surface area contributed by atoms with Gasteiger partial charge in [0.2, 0.25) is 10.0 Å². The number of nitrogens with one attached hydrogen (secondary N) is 1. The molecule has 1 aliphatic rings. The third-order valence-electron chi connectivity index (χ3n) is 5.21. The van der Waals surface area contributed by atoms with E-state index in [4.69, 9.17) is 0 Å². The molecular formula is C20H26N4O4S. The Morgan fingerprint density at radius 3 is 2.55 bits per heavy atom. The Hall–Kier alpha value is -2.49. The summed E-state index contributed by atoms with van der Waals surface area (Å²) in [6, 6.07) is 14.4. The number of benzene rings is 2. The molecule has 156 valence electrons. The molecule has 2 aromatic carbocycles. The number of hydrogen-bond donors (Lipinski definition) is 1. The smallest absolute Gasteiger partial charge is 0.293 e. The van der Waals surface area contributed by atoms with Crippen molar-refractivity contribution in [2.45, 2.75) is 30.8 Å². The van der Waals surface area contributed by atoms with Gasteiger partial charge >= 0.3 is 0 Å². The number of rotatable bonds is 6. The highest BCUT2D eigenvalue weighted by molar-refractivity contribution is 7.89. The average molecular weight is 419 g/mol. The summed E-state index contributed by atoms with van der Waals surface area (Å²) in [4.78, 5) is 15.4. The van der Waals surface area contributed by atoms with Gasteiger partial charge in [-0.3, -0.25) is 15.0 Å². The lowest BCUT2D eigenvalue weighted by molar-refractivity contribution is -0.384. The highest BCUT2D eigenvalue weighted by atomic mass is 32.2. The Morgan fingerprint density at radius 1 is 1.17 bits per heavy atom. The number of anilines is 1. The van der Waals surface area contributed by atoms with Crippen LogP contribution in [0.4, 0.5) is 11.4 Å². The summed E-state index contributed by atoms with van der Waals surface area (Å²) in [5.41, 5.74) is 1.50. The van der Waals surface area contributed by atoms with E-state index in [1.54, 1.807) is 6.07 Å². The van der Waals surface area contributed by atoms with Crippen molar-refractivity contribution in [2.24, 2.45) is 0 Å². The molecule has 1 aliphatic heterocycles. The van der Waals surface area contributed by atoms with E-state index in [2.05, 4.69) is 21.8 Å². The van der Waals surface area contributed by atoms with E-state index in [1.165, 1.54) is 18.7 Å². The van der Waals surface area contributed by atoms with Crippen molar-refractivity contribution >= 4 is 21.4 Å². The molecule has 1 saturated heterocycles. The lowest BCUT2D eigenvalue weighted by Crippen LogP contribution is -2.39. The van der Waals surface area contributed by atoms with Gasteiger partial charge in [0.1, 0.15) is 5.69 Å². The summed E-state index contributed by atoms with van der Waals surface area (Å²) < 4.78 is 26.3. The fourth-order valence-electron chi connectivity index (χ4n) is 3.77. The maximum atomic E-state index is 12.0. The normalized spacial score (nSPS) is 18.4. The topological polar surface area (TPSA) is 95.8 Å². The highest BCUT2D eigenvalue weighted by Crippen LogP contribution is 2.33. The van der Waals surface area contributed by atoms with Gasteiger partial charge in [0.05, 0.1) is 9.82 Å². The molecule has 9 heteroatoms. The Balaban J connectivity index is 1.85. The fourth-order valence-corrected chi connectivity index (χ4v) is 4.52. The molecule has 1 N–H and O–H groups in total. The van der Waals surface area contributed by atoms with Crippen LogP contribution >= 0.6 is 0 Å². The van der Waals surface area contributed by atoms with Crippen LogP contribution in [-0.2, 0) is 16.6 Å². The third-order valence-corrected chi connectivity index (χ3v) is 6.62. The Labute approximate surface area is 171 Å². The van der Waals surface area contributed by atoms with Crippen molar-refractivity contribution in [2.75, 3.05) is 31.6 Å². The molecule has 0 aliphatic carbocycles. The second-order valence-corrected chi connectivity index (χ2v) is 9.12. The zero-order valence-corrected chi connectivity index (χ0v) is 17.4. The molecule has 0 amide bonds. The Bertz CT molecular complexity index is 966. The minimum Gasteiger partial charge on any atom is -0.362 e. The van der Waals surface area contributed by atoms with E-state index >= 15 is 0 Å². The first-order chi connectivity index (χ1) is 13.8. The van der Waals surface area contributed by atoms with Crippen molar-refractivity contribution in [3.05, 3.63) is 64.2 Å². The zero-order valence-electron chi connectivity index (χ0n) is 16.6. The van der Waals surface area contributed by atoms with Gasteiger partial charge in [0, 0.05) is 38.3 Å². The molecule has 0 spiro atoms. The van der Waals surface area contributed by atoms with Crippen LogP contribution in [0.1, 0.15) is 18.9 Å². The predicted octanol–water partition coefficient (Wildman–Crippen LogP) is 2.60. The monoisotopic (exact) mass is 418 g/mol. The highest BCUT2D eigenvalue weighted by Gasteiger charge is 2.28. The van der Waals surface area contributed by atoms with Gasteiger partial charge in [-0.05, 0) is 38.1 Å². The van der Waals surface area contributed by atoms with Gasteiger partial charge in [-0.1, -0.05) is 30.3 Å². The maximum Gasteiger partial charge on any atom is 0.293 e. The Morgan fingerprint density at radius 2 is 1.90 bits per heavy atom. The summed E-state index contributed by atoms with van der Waals surface area (Å²) in [6.07, 6.45) is 0.866. The van der Waals surface area contributed by atoms with Crippen molar-refractivity contribution in [1.29, 1.82) is 0 Å². The molecule has 0 radical (unpaired) electrons. The lowest BCUT2D eigenvalue weighted by atomic mass is 10.1. The SMILES string of the molecule is CNS(=O)(=O)c1ccc(N2CCCN(Cc3ccccc3)CC2C)c([N+](=O)[O-])c1.